The molecule has 0 aromatic carbocycles. The standard InChI is InChI=1S/C15H25NO6/c1-5-21-12(19)15(10-11(17)18)6-8-16(9-7-15)13(20)22-14(2,3)4/h5-10H2,1-4H3,(H,17,18). The van der Waals surface area contributed by atoms with Crippen LogP contribution < -0.4 is 0 Å². The van der Waals surface area contributed by atoms with E-state index in [-0.39, 0.29) is 39.0 Å². The van der Waals surface area contributed by atoms with Gasteiger partial charge in [-0.1, -0.05) is 0 Å². The number of ether oxygens (including phenoxy) is 2. The smallest absolute Gasteiger partial charge is 0.410 e. The molecule has 1 aliphatic heterocycles. The number of carboxylic acid groups (broad SMARTS) is 1. The molecule has 1 aliphatic rings. The van der Waals surface area contributed by atoms with Gasteiger partial charge >= 0.3 is 18.0 Å². The van der Waals surface area contributed by atoms with Gasteiger partial charge in [0.1, 0.15) is 5.60 Å². The van der Waals surface area contributed by atoms with E-state index in [2.05, 4.69) is 0 Å². The van der Waals surface area contributed by atoms with E-state index in [1.165, 1.54) is 4.90 Å². The summed E-state index contributed by atoms with van der Waals surface area (Å²) in [5.41, 5.74) is -1.64. The van der Waals surface area contributed by atoms with Crippen molar-refractivity contribution >= 4 is 18.0 Å². The van der Waals surface area contributed by atoms with Gasteiger partial charge in [0.15, 0.2) is 0 Å². The molecule has 1 amide bonds. The molecule has 0 unspecified atom stereocenters. The van der Waals surface area contributed by atoms with Crippen LogP contribution in [0.4, 0.5) is 4.79 Å². The molecular formula is C15H25NO6. The van der Waals surface area contributed by atoms with E-state index in [0.717, 1.165) is 0 Å². The molecule has 0 spiro atoms. The molecule has 0 radical (unpaired) electrons. The maximum atomic E-state index is 12.1. The number of hydrogen-bond donors (Lipinski definition) is 1. The molecule has 1 rings (SSSR count). The number of hydrogen-bond acceptors (Lipinski definition) is 5. The fraction of sp³-hybridized carbons (Fsp3) is 0.800. The van der Waals surface area contributed by atoms with Crippen LogP contribution in [0.1, 0.15) is 47.0 Å². The number of rotatable bonds is 4. The topological polar surface area (TPSA) is 93.1 Å². The third-order valence-corrected chi connectivity index (χ3v) is 3.57. The lowest BCUT2D eigenvalue weighted by molar-refractivity contribution is -0.164. The third kappa shape index (κ3) is 4.89. The van der Waals surface area contributed by atoms with Crippen LogP contribution in [0.25, 0.3) is 0 Å². The van der Waals surface area contributed by atoms with E-state index in [1.54, 1.807) is 27.7 Å². The summed E-state index contributed by atoms with van der Waals surface area (Å²) in [6.07, 6.45) is -0.205. The number of nitrogens with zero attached hydrogens (tertiary/aromatic N) is 1. The number of carbonyl (C=O) groups excluding carboxylic acids is 2. The van der Waals surface area contributed by atoms with Gasteiger partial charge in [-0.05, 0) is 40.5 Å². The number of amides is 1. The van der Waals surface area contributed by atoms with E-state index in [0.29, 0.717) is 0 Å². The molecule has 0 aliphatic carbocycles. The number of carbonyl (C=O) groups is 3. The maximum Gasteiger partial charge on any atom is 0.410 e. The number of likely N-dealkylation sites (tertiary alicyclic amines) is 1. The Bertz CT molecular complexity index is 432. The highest BCUT2D eigenvalue weighted by atomic mass is 16.6. The number of esters is 1. The lowest BCUT2D eigenvalue weighted by atomic mass is 9.75. The van der Waals surface area contributed by atoms with Gasteiger partial charge in [-0.3, -0.25) is 9.59 Å². The van der Waals surface area contributed by atoms with E-state index < -0.39 is 29.0 Å². The summed E-state index contributed by atoms with van der Waals surface area (Å²) in [5, 5.41) is 9.06. The normalized spacial score (nSPS) is 17.7. The largest absolute Gasteiger partial charge is 0.481 e. The SMILES string of the molecule is CCOC(=O)C1(CC(=O)O)CCN(C(=O)OC(C)(C)C)CC1. The van der Waals surface area contributed by atoms with Crippen molar-refractivity contribution in [3.63, 3.8) is 0 Å². The fourth-order valence-electron chi connectivity index (χ4n) is 2.47. The molecule has 1 N–H and O–H groups in total. The minimum atomic E-state index is -1.06. The Morgan fingerprint density at radius 2 is 1.73 bits per heavy atom. The zero-order valence-electron chi connectivity index (χ0n) is 13.7. The molecule has 0 bridgehead atoms. The van der Waals surface area contributed by atoms with Crippen LogP contribution in [0.15, 0.2) is 0 Å². The predicted octanol–water partition coefficient (Wildman–Crippen LogP) is 2.04. The second-order valence-corrected chi connectivity index (χ2v) is 6.54. The van der Waals surface area contributed by atoms with Crippen LogP contribution in [0.2, 0.25) is 0 Å². The number of aliphatic carboxylic acids is 1. The molecule has 0 aromatic heterocycles. The van der Waals surface area contributed by atoms with Gasteiger partial charge in [-0.15, -0.1) is 0 Å². The first-order valence-corrected chi connectivity index (χ1v) is 7.46. The van der Waals surface area contributed by atoms with Crippen molar-refractivity contribution in [1.29, 1.82) is 0 Å². The minimum Gasteiger partial charge on any atom is -0.481 e. The van der Waals surface area contributed by atoms with Crippen LogP contribution in [0.3, 0.4) is 0 Å². The Morgan fingerprint density at radius 3 is 2.14 bits per heavy atom. The summed E-state index contributed by atoms with van der Waals surface area (Å²) < 4.78 is 10.3. The molecule has 7 heteroatoms. The summed E-state index contributed by atoms with van der Waals surface area (Å²) in [4.78, 5) is 36.7. The highest BCUT2D eigenvalue weighted by Crippen LogP contribution is 2.37. The van der Waals surface area contributed by atoms with E-state index in [4.69, 9.17) is 14.6 Å². The van der Waals surface area contributed by atoms with Crippen LogP contribution in [0.5, 0.6) is 0 Å². The Hall–Kier alpha value is -1.79. The molecule has 126 valence electrons. The molecule has 1 saturated heterocycles. The van der Waals surface area contributed by atoms with Gasteiger partial charge in [0.25, 0.3) is 0 Å². The molecular weight excluding hydrogens is 290 g/mol. The van der Waals surface area contributed by atoms with Crippen LogP contribution >= 0.6 is 0 Å². The molecule has 22 heavy (non-hydrogen) atoms. The minimum absolute atomic E-state index is 0.204. The van der Waals surface area contributed by atoms with Crippen molar-refractivity contribution in [3.8, 4) is 0 Å². The Morgan fingerprint density at radius 1 is 1.18 bits per heavy atom. The van der Waals surface area contributed by atoms with Gasteiger partial charge in [0.2, 0.25) is 0 Å². The lowest BCUT2D eigenvalue weighted by Gasteiger charge is -2.39. The Labute approximate surface area is 130 Å². The molecule has 7 nitrogen and oxygen atoms in total. The quantitative estimate of drug-likeness (QED) is 0.798. The maximum absolute atomic E-state index is 12.1. The lowest BCUT2D eigenvalue weighted by Crippen LogP contribution is -2.49. The summed E-state index contributed by atoms with van der Waals surface area (Å²) in [5.74, 6) is -1.54. The van der Waals surface area contributed by atoms with E-state index in [9.17, 15) is 14.4 Å². The first-order valence-electron chi connectivity index (χ1n) is 7.46. The summed E-state index contributed by atoms with van der Waals surface area (Å²) in [7, 11) is 0. The van der Waals surface area contributed by atoms with Gasteiger partial charge in [0, 0.05) is 13.1 Å². The van der Waals surface area contributed by atoms with Crippen molar-refractivity contribution in [2.24, 2.45) is 5.41 Å². The summed E-state index contributed by atoms with van der Waals surface area (Å²) in [6, 6.07) is 0. The zero-order valence-corrected chi connectivity index (χ0v) is 13.7. The first kappa shape index (κ1) is 18.3. The summed E-state index contributed by atoms with van der Waals surface area (Å²) in [6.45, 7) is 7.78. The molecule has 0 saturated carbocycles. The molecule has 0 aromatic rings. The third-order valence-electron chi connectivity index (χ3n) is 3.57. The van der Waals surface area contributed by atoms with Crippen molar-refractivity contribution in [2.45, 2.75) is 52.6 Å². The average molecular weight is 315 g/mol. The molecule has 0 atom stereocenters. The van der Waals surface area contributed by atoms with Crippen molar-refractivity contribution in [1.82, 2.24) is 4.90 Å². The first-order chi connectivity index (χ1) is 10.1. The average Bonchev–Trinajstić information content (AvgIpc) is 2.36. The van der Waals surface area contributed by atoms with E-state index >= 15 is 0 Å². The second kappa shape index (κ2) is 6.98. The highest BCUT2D eigenvalue weighted by molar-refractivity contribution is 5.83. The predicted molar refractivity (Wildman–Crippen MR) is 78.4 cm³/mol. The Balaban J connectivity index is 2.74. The summed E-state index contributed by atoms with van der Waals surface area (Å²) >= 11 is 0. The van der Waals surface area contributed by atoms with Crippen LogP contribution in [-0.4, -0.2) is 53.3 Å². The van der Waals surface area contributed by atoms with Gasteiger partial charge in [-0.2, -0.15) is 0 Å². The van der Waals surface area contributed by atoms with Crippen molar-refractivity contribution in [2.75, 3.05) is 19.7 Å². The van der Waals surface area contributed by atoms with Gasteiger partial charge < -0.3 is 19.5 Å². The van der Waals surface area contributed by atoms with Crippen LogP contribution in [0, 0.1) is 5.41 Å². The van der Waals surface area contributed by atoms with Crippen molar-refractivity contribution in [3.05, 3.63) is 0 Å². The number of carboxylic acids is 1. The highest BCUT2D eigenvalue weighted by Gasteiger charge is 2.45. The molecule has 1 heterocycles. The van der Waals surface area contributed by atoms with Crippen LogP contribution in [-0.2, 0) is 19.1 Å². The fourth-order valence-corrected chi connectivity index (χ4v) is 2.47. The Kier molecular flexibility index (Phi) is 5.79. The van der Waals surface area contributed by atoms with Gasteiger partial charge in [-0.25, -0.2) is 4.79 Å². The zero-order chi connectivity index (χ0) is 17.0. The van der Waals surface area contributed by atoms with E-state index in [1.807, 2.05) is 0 Å². The second-order valence-electron chi connectivity index (χ2n) is 6.54. The monoisotopic (exact) mass is 315 g/mol. The van der Waals surface area contributed by atoms with Crippen molar-refractivity contribution < 1.29 is 29.0 Å². The molecule has 1 fully saturated rings. The van der Waals surface area contributed by atoms with Gasteiger partial charge in [0.05, 0.1) is 18.4 Å². The number of piperidine rings is 1.